The van der Waals surface area contributed by atoms with Crippen molar-refractivity contribution < 1.29 is 28.2 Å². The minimum absolute atomic E-state index is 0.119. The Morgan fingerprint density at radius 3 is 2.43 bits per heavy atom. The van der Waals surface area contributed by atoms with E-state index in [1.54, 1.807) is 48.1 Å². The number of aliphatic hydroxyl groups excluding tert-OH is 1. The van der Waals surface area contributed by atoms with E-state index in [0.29, 0.717) is 41.3 Å². The van der Waals surface area contributed by atoms with Crippen LogP contribution in [0.4, 0.5) is 9.80 Å². The molecule has 1 N–H and O–H groups in total. The topological polar surface area (TPSA) is 121 Å². The summed E-state index contributed by atoms with van der Waals surface area (Å²) in [5.74, 6) is -0.236. The van der Waals surface area contributed by atoms with Crippen molar-refractivity contribution >= 4 is 20.0 Å². The number of benzene rings is 3. The summed E-state index contributed by atoms with van der Waals surface area (Å²) >= 11 is 0. The first-order valence-corrected chi connectivity index (χ1v) is 20.7. The number of hydrogen-bond acceptors (Lipinski definition) is 8. The quantitative estimate of drug-likeness (QED) is 0.123. The average Bonchev–Trinajstić information content (AvgIpc) is 3.82. The van der Waals surface area contributed by atoms with E-state index in [4.69, 9.17) is 14.2 Å². The Morgan fingerprint density at radius 1 is 1.00 bits per heavy atom. The molecule has 1 unspecified atom stereocenters. The number of aryl methyl sites for hydroxylation is 1. The average molecular weight is 738 g/mol. The van der Waals surface area contributed by atoms with Gasteiger partial charge in [0, 0.05) is 41.6 Å². The predicted molar refractivity (Wildman–Crippen MR) is 201 cm³/mol. The fraction of sp³-hybridized carbons (Fsp3) is 0.350. The Balaban J connectivity index is 1.17. The van der Waals surface area contributed by atoms with Crippen molar-refractivity contribution in [3.63, 3.8) is 0 Å². The first-order valence-electron chi connectivity index (χ1n) is 17.8. The molecule has 276 valence electrons. The van der Waals surface area contributed by atoms with Crippen LogP contribution in [-0.4, -0.2) is 65.9 Å². The van der Waals surface area contributed by atoms with Crippen LogP contribution in [0, 0.1) is 5.92 Å². The molecular weight excluding hydrogens is 694 g/mol. The van der Waals surface area contributed by atoms with Crippen molar-refractivity contribution in [2.45, 2.75) is 62.7 Å². The molecule has 0 radical (unpaired) electrons. The summed E-state index contributed by atoms with van der Waals surface area (Å²) in [5, 5.41) is 18.9. The molecule has 13 heteroatoms. The molecule has 5 aromatic rings. The minimum atomic E-state index is -3.41. The minimum Gasteiger partial charge on any atom is -0.497 e. The maximum atomic E-state index is 16.5. The second-order valence-electron chi connectivity index (χ2n) is 14.3. The van der Waals surface area contributed by atoms with Crippen LogP contribution < -0.4 is 19.9 Å². The zero-order valence-electron chi connectivity index (χ0n) is 30.5. The molecule has 4 heterocycles. The molecule has 0 saturated carbocycles. The van der Waals surface area contributed by atoms with Crippen LogP contribution in [0.25, 0.3) is 5.69 Å². The van der Waals surface area contributed by atoms with Gasteiger partial charge in [-0.05, 0) is 73.1 Å². The van der Waals surface area contributed by atoms with E-state index in [1.165, 1.54) is 11.7 Å². The van der Waals surface area contributed by atoms with Gasteiger partial charge in [0.2, 0.25) is 8.41 Å². The molecule has 1 fully saturated rings. The number of amides is 1. The zero-order valence-corrected chi connectivity index (χ0v) is 31.5. The van der Waals surface area contributed by atoms with Crippen molar-refractivity contribution in [3.05, 3.63) is 130 Å². The van der Waals surface area contributed by atoms with Gasteiger partial charge in [0.1, 0.15) is 5.75 Å². The molecule has 7 rings (SSSR count). The zero-order chi connectivity index (χ0) is 37.5. The van der Waals surface area contributed by atoms with Crippen LogP contribution >= 0.6 is 0 Å². The first kappa shape index (κ1) is 36.3. The molecule has 1 amide bonds. The summed E-state index contributed by atoms with van der Waals surface area (Å²) in [6, 6.07) is 26.0. The summed E-state index contributed by atoms with van der Waals surface area (Å²) in [6.07, 6.45) is 3.33. The van der Waals surface area contributed by atoms with Gasteiger partial charge in [0.25, 0.3) is 11.5 Å². The van der Waals surface area contributed by atoms with E-state index >= 15 is 4.11 Å². The number of methoxy groups -OCH3 is 2. The number of carbonyl (C=O) groups is 1. The van der Waals surface area contributed by atoms with Gasteiger partial charge < -0.3 is 28.3 Å². The monoisotopic (exact) mass is 737 g/mol. The molecule has 0 bridgehead atoms. The van der Waals surface area contributed by atoms with Gasteiger partial charge in [-0.1, -0.05) is 54.6 Å². The molecule has 1 saturated heterocycles. The van der Waals surface area contributed by atoms with E-state index in [2.05, 4.69) is 10.3 Å². The third-order valence-electron chi connectivity index (χ3n) is 10.8. The molecule has 3 aromatic carbocycles. The molecule has 2 aromatic heterocycles. The number of aromatic nitrogens is 4. The van der Waals surface area contributed by atoms with Crippen LogP contribution in [0.3, 0.4) is 0 Å². The second-order valence-corrected chi connectivity index (χ2v) is 18.1. The maximum Gasteiger partial charge on any atom is 0.297 e. The van der Waals surface area contributed by atoms with E-state index in [0.717, 1.165) is 11.1 Å². The lowest BCUT2D eigenvalue weighted by Crippen LogP contribution is -2.45. The Kier molecular flexibility index (Phi) is 9.83. The molecule has 1 spiro atoms. The number of hydrogen-bond donors (Lipinski definition) is 1. The van der Waals surface area contributed by atoms with Crippen LogP contribution in [-0.2, 0) is 28.2 Å². The van der Waals surface area contributed by atoms with Crippen LogP contribution in [0.5, 0.6) is 11.5 Å². The molecular formula is C40H44FN5O6Si. The van der Waals surface area contributed by atoms with Crippen LogP contribution in [0.15, 0.2) is 102 Å². The summed E-state index contributed by atoms with van der Waals surface area (Å²) in [5.41, 5.74) is 2.23. The number of rotatable bonds is 12. The largest absolute Gasteiger partial charge is 0.497 e. The number of fused-ring (bicyclic) bond motifs is 2. The molecule has 2 aliphatic rings. The van der Waals surface area contributed by atoms with E-state index in [9.17, 15) is 14.7 Å². The van der Waals surface area contributed by atoms with Gasteiger partial charge in [-0.2, -0.15) is 0 Å². The number of anilines is 1. The Hall–Kier alpha value is -5.11. The summed E-state index contributed by atoms with van der Waals surface area (Å²) < 4.78 is 37.4. The predicted octanol–water partition coefficient (Wildman–Crippen LogP) is 5.98. The molecule has 11 nitrogen and oxygen atoms in total. The lowest BCUT2D eigenvalue weighted by molar-refractivity contribution is -0.146. The van der Waals surface area contributed by atoms with Gasteiger partial charge in [0.05, 0.1) is 50.8 Å². The van der Waals surface area contributed by atoms with E-state index in [-0.39, 0.29) is 36.3 Å². The van der Waals surface area contributed by atoms with Crippen LogP contribution in [0.2, 0.25) is 18.6 Å². The van der Waals surface area contributed by atoms with E-state index in [1.807, 2.05) is 85.9 Å². The molecule has 5 atom stereocenters. The van der Waals surface area contributed by atoms with Crippen molar-refractivity contribution in [1.29, 1.82) is 0 Å². The summed E-state index contributed by atoms with van der Waals surface area (Å²) in [6.45, 7) is 5.81. The molecule has 53 heavy (non-hydrogen) atoms. The standard InChI is InChI=1S/C40H44FN5O6Si/c1-26-37(53(4,5)41)35(19-21-44-24-33(42-43-44)31(25-47)28-10-7-6-8-11-28)52-40(26)32-22-30(50-2)17-18-34(32)46(39(40)49)23-27-13-15-29(16-14-27)45-20-9-12-36(51-3)38(45)48/h6-18,20,22,24,26,31,35,37,47H,19,21,23,25H2,1-5H3/t26-,31?,35+,37-,40+/m1/s1. The number of pyridine rings is 1. The smallest absolute Gasteiger partial charge is 0.297 e. The van der Waals surface area contributed by atoms with Gasteiger partial charge >= 0.3 is 0 Å². The Labute approximate surface area is 308 Å². The summed E-state index contributed by atoms with van der Waals surface area (Å²) in [4.78, 5) is 29.4. The highest BCUT2D eigenvalue weighted by Gasteiger charge is 2.66. The fourth-order valence-electron chi connectivity index (χ4n) is 8.25. The highest BCUT2D eigenvalue weighted by atomic mass is 28.4. The third-order valence-corrected chi connectivity index (χ3v) is 13.3. The lowest BCUT2D eigenvalue weighted by Gasteiger charge is -2.31. The second kappa shape index (κ2) is 14.4. The van der Waals surface area contributed by atoms with Gasteiger partial charge in [-0.15, -0.1) is 5.10 Å². The normalized spacial score (nSPS) is 21.6. The lowest BCUT2D eigenvalue weighted by atomic mass is 9.82. The van der Waals surface area contributed by atoms with Crippen molar-refractivity contribution in [2.24, 2.45) is 5.92 Å². The number of halogens is 1. The number of ether oxygens (including phenoxy) is 3. The van der Waals surface area contributed by atoms with Crippen molar-refractivity contribution in [3.8, 4) is 17.2 Å². The molecule has 2 aliphatic heterocycles. The van der Waals surface area contributed by atoms with Gasteiger partial charge in [0.15, 0.2) is 11.4 Å². The summed E-state index contributed by atoms with van der Waals surface area (Å²) in [7, 11) is -0.371. The number of nitrogens with zero attached hydrogens (tertiary/aromatic N) is 5. The van der Waals surface area contributed by atoms with Gasteiger partial charge in [-0.3, -0.25) is 18.8 Å². The first-order chi connectivity index (χ1) is 25.5. The third kappa shape index (κ3) is 6.46. The Bertz CT molecular complexity index is 2150. The maximum absolute atomic E-state index is 16.5. The fourth-order valence-corrected chi connectivity index (χ4v) is 10.8. The van der Waals surface area contributed by atoms with Crippen molar-refractivity contribution in [1.82, 2.24) is 19.6 Å². The van der Waals surface area contributed by atoms with E-state index < -0.39 is 31.6 Å². The highest BCUT2D eigenvalue weighted by Crippen LogP contribution is 2.60. The van der Waals surface area contributed by atoms with Crippen LogP contribution in [0.1, 0.15) is 41.6 Å². The highest BCUT2D eigenvalue weighted by molar-refractivity contribution is 6.72. The SMILES string of the molecule is COc1ccc2c(c1)[C@]1(O[C@@H](CCn3cc(C(CO)c4ccccc4)nn3)[C@H]([Si](C)(C)F)[C@H]1C)C(=O)N2Cc1ccc(-n2cccc(OC)c2=O)cc1. The number of aliphatic hydroxyl groups is 1. The Morgan fingerprint density at radius 2 is 1.75 bits per heavy atom. The molecule has 0 aliphatic carbocycles. The van der Waals surface area contributed by atoms with Gasteiger partial charge in [-0.25, -0.2) is 0 Å². The number of carbonyl (C=O) groups excluding carboxylic acids is 1. The van der Waals surface area contributed by atoms with Crippen molar-refractivity contribution in [2.75, 3.05) is 25.7 Å².